The van der Waals surface area contributed by atoms with Gasteiger partial charge in [0, 0.05) is 31.1 Å². The lowest BCUT2D eigenvalue weighted by molar-refractivity contribution is 0.462. The van der Waals surface area contributed by atoms with Gasteiger partial charge in [-0.25, -0.2) is 28.1 Å². The predicted molar refractivity (Wildman–Crippen MR) is 77.2 cm³/mol. The lowest BCUT2D eigenvalue weighted by Crippen LogP contribution is -2.54. The quantitative estimate of drug-likeness (QED) is 0.691. The van der Waals surface area contributed by atoms with Gasteiger partial charge in [-0.05, 0) is 6.42 Å². The van der Waals surface area contributed by atoms with Crippen molar-refractivity contribution < 1.29 is 0 Å². The van der Waals surface area contributed by atoms with Crippen molar-refractivity contribution in [1.29, 1.82) is 0 Å². The van der Waals surface area contributed by atoms with Gasteiger partial charge in [-0.3, -0.25) is 0 Å². The van der Waals surface area contributed by atoms with Gasteiger partial charge in [-0.15, -0.1) is 0 Å². The first-order chi connectivity index (χ1) is 8.58. The molecule has 0 saturated heterocycles. The van der Waals surface area contributed by atoms with Crippen LogP contribution in [-0.4, -0.2) is 25.2 Å². The zero-order valence-electron chi connectivity index (χ0n) is 10.2. The lowest BCUT2D eigenvalue weighted by atomic mass is 10.5. The second-order valence-corrected chi connectivity index (χ2v) is 4.64. The predicted octanol–water partition coefficient (Wildman–Crippen LogP) is -0.559. The van der Waals surface area contributed by atoms with E-state index in [4.69, 9.17) is 0 Å². The Balaban J connectivity index is 3.59. The smallest absolute Gasteiger partial charge is 0.247 e. The van der Waals surface area contributed by atoms with Gasteiger partial charge in [0.1, 0.15) is 0 Å². The van der Waals surface area contributed by atoms with Crippen molar-refractivity contribution in [3.63, 3.8) is 0 Å². The Labute approximate surface area is 115 Å². The van der Waals surface area contributed by atoms with Gasteiger partial charge in [0.05, 0.1) is 0 Å². The molecule has 0 N–H and O–H groups in total. The van der Waals surface area contributed by atoms with Crippen LogP contribution in [-0.2, 0) is 19.6 Å². The summed E-state index contributed by atoms with van der Waals surface area (Å²) in [4.78, 5) is 36.0. The third kappa shape index (κ3) is 2.92. The molecule has 0 unspecified atom stereocenters. The van der Waals surface area contributed by atoms with Crippen molar-refractivity contribution in [1.82, 2.24) is 13.7 Å². The maximum Gasteiger partial charge on any atom is 0.336 e. The molecule has 0 spiro atoms. The molecular formula is C10H17N3O3S2. The third-order valence-corrected chi connectivity index (χ3v) is 2.88. The maximum absolute atomic E-state index is 12.0. The van der Waals surface area contributed by atoms with Crippen LogP contribution in [0.3, 0.4) is 0 Å². The van der Waals surface area contributed by atoms with Gasteiger partial charge >= 0.3 is 17.1 Å². The molecule has 0 aromatic carbocycles. The topological polar surface area (TPSA) is 66.0 Å². The highest BCUT2D eigenvalue weighted by Crippen LogP contribution is 1.84. The van der Waals surface area contributed by atoms with Crippen LogP contribution in [0, 0.1) is 0 Å². The van der Waals surface area contributed by atoms with Gasteiger partial charge in [0.2, 0.25) is 0 Å². The van der Waals surface area contributed by atoms with E-state index in [0.717, 1.165) is 13.7 Å². The highest BCUT2D eigenvalue weighted by Gasteiger charge is 2.13. The van der Waals surface area contributed by atoms with Gasteiger partial charge in [-0.1, -0.05) is 6.92 Å². The van der Waals surface area contributed by atoms with E-state index in [1.807, 2.05) is 6.92 Å². The average Bonchev–Trinajstić information content (AvgIpc) is 2.35. The molecule has 18 heavy (non-hydrogen) atoms. The fourth-order valence-electron chi connectivity index (χ4n) is 1.68. The summed E-state index contributed by atoms with van der Waals surface area (Å²) in [6.45, 7) is 2.55. The molecule has 0 atom stereocenters. The molecular weight excluding hydrogens is 274 g/mol. The molecule has 1 rings (SSSR count). The van der Waals surface area contributed by atoms with E-state index in [1.165, 1.54) is 0 Å². The van der Waals surface area contributed by atoms with Gasteiger partial charge in [-0.2, -0.15) is 25.3 Å². The van der Waals surface area contributed by atoms with Crippen molar-refractivity contribution in [2.45, 2.75) is 33.0 Å². The number of hydrogen-bond donors (Lipinski definition) is 2. The summed E-state index contributed by atoms with van der Waals surface area (Å²) in [6, 6.07) is 0. The molecule has 8 heteroatoms. The van der Waals surface area contributed by atoms with Crippen molar-refractivity contribution in [3.05, 3.63) is 31.5 Å². The van der Waals surface area contributed by atoms with Crippen LogP contribution in [0.15, 0.2) is 14.4 Å². The van der Waals surface area contributed by atoms with Crippen LogP contribution >= 0.6 is 25.3 Å². The third-order valence-electron chi connectivity index (χ3n) is 2.48. The first kappa shape index (κ1) is 15.2. The van der Waals surface area contributed by atoms with E-state index in [2.05, 4.69) is 25.3 Å². The largest absolute Gasteiger partial charge is 0.336 e. The molecule has 0 aliphatic heterocycles. The van der Waals surface area contributed by atoms with Crippen LogP contribution in [0.1, 0.15) is 13.3 Å². The number of nitrogens with zero attached hydrogens (tertiary/aromatic N) is 3. The Morgan fingerprint density at radius 2 is 1.11 bits per heavy atom. The maximum atomic E-state index is 12.0. The first-order valence-corrected chi connectivity index (χ1v) is 7.01. The van der Waals surface area contributed by atoms with E-state index in [-0.39, 0.29) is 13.1 Å². The highest BCUT2D eigenvalue weighted by molar-refractivity contribution is 7.80. The summed E-state index contributed by atoms with van der Waals surface area (Å²) in [6.07, 6.45) is 0.648. The molecule has 0 aliphatic rings. The van der Waals surface area contributed by atoms with E-state index in [9.17, 15) is 14.4 Å². The minimum absolute atomic E-state index is 0.192. The summed E-state index contributed by atoms with van der Waals surface area (Å²) < 4.78 is 3.19. The zero-order chi connectivity index (χ0) is 13.7. The molecule has 0 amide bonds. The first-order valence-electron chi connectivity index (χ1n) is 5.74. The molecule has 1 heterocycles. The van der Waals surface area contributed by atoms with Crippen LogP contribution in [0.4, 0.5) is 0 Å². The summed E-state index contributed by atoms with van der Waals surface area (Å²) in [5.41, 5.74) is -1.70. The Hall–Kier alpha value is -0.890. The Morgan fingerprint density at radius 3 is 1.39 bits per heavy atom. The molecule has 1 aromatic rings. The number of hydrogen-bond acceptors (Lipinski definition) is 5. The standard InChI is InChI=1S/C10H17N3O3S2/c1-2-3-11-8(14)12(4-6-17)10(16)13(5-7-18)9(11)15/h17-18H,2-7H2,1H3. The van der Waals surface area contributed by atoms with E-state index < -0.39 is 17.1 Å². The normalized spacial score (nSPS) is 10.8. The van der Waals surface area contributed by atoms with Gasteiger partial charge < -0.3 is 0 Å². The van der Waals surface area contributed by atoms with Crippen LogP contribution in [0.5, 0.6) is 0 Å². The molecule has 0 fully saturated rings. The summed E-state index contributed by atoms with van der Waals surface area (Å²) in [7, 11) is 0. The minimum atomic E-state index is -0.583. The second kappa shape index (κ2) is 6.89. The minimum Gasteiger partial charge on any atom is -0.247 e. The summed E-state index contributed by atoms with van der Waals surface area (Å²) >= 11 is 8.03. The molecule has 0 saturated carbocycles. The van der Waals surface area contributed by atoms with Crippen molar-refractivity contribution in [2.75, 3.05) is 11.5 Å². The highest BCUT2D eigenvalue weighted by atomic mass is 32.1. The molecule has 1 aromatic heterocycles. The Bertz CT molecular complexity index is 462. The summed E-state index contributed by atoms with van der Waals surface area (Å²) in [5.74, 6) is 0.723. The van der Waals surface area contributed by atoms with Crippen LogP contribution in [0.2, 0.25) is 0 Å². The van der Waals surface area contributed by atoms with E-state index in [1.54, 1.807) is 0 Å². The SMILES string of the molecule is CCCn1c(=O)n(CCS)c(=O)n(CCS)c1=O. The molecule has 0 radical (unpaired) electrons. The number of thiol groups is 2. The van der Waals surface area contributed by atoms with E-state index in [0.29, 0.717) is 24.5 Å². The monoisotopic (exact) mass is 291 g/mol. The fourth-order valence-corrected chi connectivity index (χ4v) is 2.08. The molecule has 0 bridgehead atoms. The van der Waals surface area contributed by atoms with Crippen LogP contribution < -0.4 is 17.1 Å². The van der Waals surface area contributed by atoms with Gasteiger partial charge in [0.25, 0.3) is 0 Å². The number of rotatable bonds is 6. The lowest BCUT2D eigenvalue weighted by Gasteiger charge is -2.12. The number of aromatic nitrogens is 3. The van der Waals surface area contributed by atoms with Crippen LogP contribution in [0.25, 0.3) is 0 Å². The second-order valence-electron chi connectivity index (χ2n) is 3.75. The molecule has 0 aliphatic carbocycles. The molecule has 102 valence electrons. The summed E-state index contributed by atoms with van der Waals surface area (Å²) in [5, 5.41) is 0. The average molecular weight is 291 g/mol. The Morgan fingerprint density at radius 1 is 0.778 bits per heavy atom. The van der Waals surface area contributed by atoms with Gasteiger partial charge in [0.15, 0.2) is 0 Å². The fraction of sp³-hybridized carbons (Fsp3) is 0.700. The van der Waals surface area contributed by atoms with Crippen molar-refractivity contribution in [2.24, 2.45) is 0 Å². The molecule has 6 nitrogen and oxygen atoms in total. The van der Waals surface area contributed by atoms with Crippen molar-refractivity contribution in [3.8, 4) is 0 Å². The van der Waals surface area contributed by atoms with Crippen molar-refractivity contribution >= 4 is 25.3 Å². The Kier molecular flexibility index (Phi) is 5.80. The van der Waals surface area contributed by atoms with E-state index >= 15 is 0 Å². The zero-order valence-corrected chi connectivity index (χ0v) is 12.0.